The highest BCUT2D eigenvalue weighted by Crippen LogP contribution is 2.32. The number of carbonyl (C=O) groups excluding carboxylic acids is 1. The molecule has 0 saturated heterocycles. The fourth-order valence-electron chi connectivity index (χ4n) is 1.76. The van der Waals surface area contributed by atoms with Crippen molar-refractivity contribution in [1.82, 2.24) is 0 Å². The van der Waals surface area contributed by atoms with E-state index in [-0.39, 0.29) is 5.78 Å². The number of benzene rings is 1. The van der Waals surface area contributed by atoms with E-state index < -0.39 is 0 Å². The zero-order chi connectivity index (χ0) is 14.7. The van der Waals surface area contributed by atoms with E-state index in [9.17, 15) is 4.79 Å². The smallest absolute Gasteiger partial charge is 0.184 e. The van der Waals surface area contributed by atoms with Gasteiger partial charge in [-0.05, 0) is 62.2 Å². The highest BCUT2D eigenvalue weighted by molar-refractivity contribution is 9.12. The molecule has 0 unspecified atom stereocenters. The minimum Gasteiger partial charge on any atom is -0.497 e. The van der Waals surface area contributed by atoms with Crippen molar-refractivity contribution in [1.29, 1.82) is 0 Å². The van der Waals surface area contributed by atoms with Gasteiger partial charge in [-0.25, -0.2) is 0 Å². The minimum absolute atomic E-state index is 0.0807. The minimum atomic E-state index is 0.0807. The van der Waals surface area contributed by atoms with E-state index in [1.54, 1.807) is 7.11 Å². The summed E-state index contributed by atoms with van der Waals surface area (Å²) in [5.74, 6) is 0.884. The summed E-state index contributed by atoms with van der Waals surface area (Å²) >= 11 is 8.31. The molecule has 2 aromatic rings. The molecule has 0 N–H and O–H groups in total. The van der Waals surface area contributed by atoms with Gasteiger partial charge in [0.1, 0.15) is 5.75 Å². The van der Waals surface area contributed by atoms with Gasteiger partial charge in [-0.3, -0.25) is 4.79 Å². The molecule has 0 radical (unpaired) electrons. The Kier molecular flexibility index (Phi) is 5.23. The molecular formula is C14H13Br2NO2S. The molecular weight excluding hydrogens is 406 g/mol. The van der Waals surface area contributed by atoms with E-state index >= 15 is 0 Å². The number of carbonyl (C=O) groups is 1. The van der Waals surface area contributed by atoms with Crippen LogP contribution in [0.2, 0.25) is 0 Å². The molecule has 0 aliphatic heterocycles. The second kappa shape index (κ2) is 6.74. The Bertz CT molecular complexity index is 610. The van der Waals surface area contributed by atoms with Gasteiger partial charge in [0.2, 0.25) is 0 Å². The third kappa shape index (κ3) is 3.62. The predicted octanol–water partition coefficient (Wildman–Crippen LogP) is 4.60. The Labute approximate surface area is 138 Å². The summed E-state index contributed by atoms with van der Waals surface area (Å²) < 4.78 is 6.93. The molecule has 0 saturated carbocycles. The number of anilines is 1. The van der Waals surface area contributed by atoms with Crippen molar-refractivity contribution < 1.29 is 9.53 Å². The van der Waals surface area contributed by atoms with E-state index in [1.807, 2.05) is 42.3 Å². The Hall–Kier alpha value is -0.850. The number of halogens is 2. The van der Waals surface area contributed by atoms with Gasteiger partial charge >= 0.3 is 0 Å². The SMILES string of the molecule is COc1ccc(N(C)CC(=O)c2cc(Br)sc2Br)cc1. The first kappa shape index (κ1) is 15.5. The van der Waals surface area contributed by atoms with Gasteiger partial charge in [0, 0.05) is 18.3 Å². The zero-order valence-electron chi connectivity index (χ0n) is 11.0. The molecule has 3 nitrogen and oxygen atoms in total. The number of ether oxygens (including phenoxy) is 1. The molecule has 1 heterocycles. The van der Waals surface area contributed by atoms with Crippen molar-refractivity contribution in [3.8, 4) is 5.75 Å². The number of ketones is 1. The number of nitrogens with zero attached hydrogens (tertiary/aromatic N) is 1. The van der Waals surface area contributed by atoms with Crippen LogP contribution >= 0.6 is 43.2 Å². The first-order chi connectivity index (χ1) is 9.51. The summed E-state index contributed by atoms with van der Waals surface area (Å²) in [6.07, 6.45) is 0. The van der Waals surface area contributed by atoms with E-state index in [1.165, 1.54) is 11.3 Å². The number of hydrogen-bond donors (Lipinski definition) is 0. The van der Waals surface area contributed by atoms with Crippen LogP contribution in [0.4, 0.5) is 5.69 Å². The summed E-state index contributed by atoms with van der Waals surface area (Å²) in [7, 11) is 3.53. The fourth-order valence-corrected chi connectivity index (χ4v) is 4.61. The molecule has 1 aromatic carbocycles. The maximum atomic E-state index is 12.3. The standard InChI is InChI=1S/C14H13Br2NO2S/c1-17(9-3-5-10(19-2)6-4-9)8-12(18)11-7-13(15)20-14(11)16/h3-7H,8H2,1-2H3. The van der Waals surface area contributed by atoms with E-state index in [4.69, 9.17) is 4.74 Å². The van der Waals surface area contributed by atoms with Crippen molar-refractivity contribution in [3.05, 3.63) is 43.5 Å². The van der Waals surface area contributed by atoms with E-state index in [0.717, 1.165) is 19.0 Å². The third-order valence-corrected chi connectivity index (χ3v) is 5.19. The number of rotatable bonds is 5. The van der Waals surface area contributed by atoms with Gasteiger partial charge in [-0.2, -0.15) is 0 Å². The van der Waals surface area contributed by atoms with Gasteiger partial charge in [-0.1, -0.05) is 0 Å². The fraction of sp³-hybridized carbons (Fsp3) is 0.214. The van der Waals surface area contributed by atoms with Crippen LogP contribution in [0.25, 0.3) is 0 Å². The molecule has 106 valence electrons. The Morgan fingerprint density at radius 3 is 2.45 bits per heavy atom. The van der Waals surface area contributed by atoms with Crippen LogP contribution in [0.5, 0.6) is 5.75 Å². The van der Waals surface area contributed by atoms with Crippen LogP contribution in [-0.4, -0.2) is 26.5 Å². The molecule has 0 fully saturated rings. The summed E-state index contributed by atoms with van der Waals surface area (Å²) in [6, 6.07) is 9.48. The number of likely N-dealkylation sites (N-methyl/N-ethyl adjacent to an activating group) is 1. The third-order valence-electron chi connectivity index (χ3n) is 2.85. The molecule has 0 bridgehead atoms. The van der Waals surface area contributed by atoms with Gasteiger partial charge < -0.3 is 9.64 Å². The lowest BCUT2D eigenvalue weighted by Crippen LogP contribution is -2.25. The van der Waals surface area contributed by atoms with Crippen molar-refractivity contribution in [2.24, 2.45) is 0 Å². The summed E-state index contributed by atoms with van der Waals surface area (Å²) in [5.41, 5.74) is 1.69. The van der Waals surface area contributed by atoms with Crippen molar-refractivity contribution in [2.75, 3.05) is 25.6 Å². The Morgan fingerprint density at radius 2 is 1.95 bits per heavy atom. The molecule has 0 aliphatic rings. The Balaban J connectivity index is 2.08. The van der Waals surface area contributed by atoms with Gasteiger partial charge in [0.15, 0.2) is 5.78 Å². The number of Topliss-reactive ketones (excluding diaryl/α,β-unsaturated/α-hetero) is 1. The quantitative estimate of drug-likeness (QED) is 0.664. The lowest BCUT2D eigenvalue weighted by molar-refractivity contribution is 0.1000. The molecule has 0 amide bonds. The second-order valence-electron chi connectivity index (χ2n) is 4.22. The molecule has 1 aromatic heterocycles. The summed E-state index contributed by atoms with van der Waals surface area (Å²) in [4.78, 5) is 14.2. The normalized spacial score (nSPS) is 10.4. The average Bonchev–Trinajstić information content (AvgIpc) is 2.78. The molecule has 6 heteroatoms. The van der Waals surface area contributed by atoms with E-state index in [0.29, 0.717) is 12.1 Å². The molecule has 20 heavy (non-hydrogen) atoms. The van der Waals surface area contributed by atoms with Crippen LogP contribution in [0.15, 0.2) is 37.9 Å². The zero-order valence-corrected chi connectivity index (χ0v) is 15.0. The monoisotopic (exact) mass is 417 g/mol. The van der Waals surface area contributed by atoms with Crippen LogP contribution in [-0.2, 0) is 0 Å². The Morgan fingerprint density at radius 1 is 1.30 bits per heavy atom. The van der Waals surface area contributed by atoms with Crippen molar-refractivity contribution >= 4 is 54.7 Å². The number of methoxy groups -OCH3 is 1. The summed E-state index contributed by atoms with van der Waals surface area (Å²) in [5, 5.41) is 0. The maximum absolute atomic E-state index is 12.3. The second-order valence-corrected chi connectivity index (χ2v) is 7.96. The molecule has 0 aliphatic carbocycles. The summed E-state index contributed by atoms with van der Waals surface area (Å²) in [6.45, 7) is 0.327. The maximum Gasteiger partial charge on any atom is 0.184 e. The van der Waals surface area contributed by atoms with Gasteiger partial charge in [0.25, 0.3) is 0 Å². The predicted molar refractivity (Wildman–Crippen MR) is 90.3 cm³/mol. The van der Waals surface area contributed by atoms with Crippen LogP contribution in [0.3, 0.4) is 0 Å². The van der Waals surface area contributed by atoms with Gasteiger partial charge in [0.05, 0.1) is 21.2 Å². The first-order valence-corrected chi connectivity index (χ1v) is 8.24. The number of thiophene rings is 1. The van der Waals surface area contributed by atoms with Gasteiger partial charge in [-0.15, -0.1) is 11.3 Å². The van der Waals surface area contributed by atoms with Crippen LogP contribution in [0, 0.1) is 0 Å². The topological polar surface area (TPSA) is 29.5 Å². The highest BCUT2D eigenvalue weighted by atomic mass is 79.9. The lowest BCUT2D eigenvalue weighted by atomic mass is 10.2. The molecule has 0 spiro atoms. The van der Waals surface area contributed by atoms with Crippen LogP contribution < -0.4 is 9.64 Å². The largest absolute Gasteiger partial charge is 0.497 e. The molecule has 2 rings (SSSR count). The first-order valence-electron chi connectivity index (χ1n) is 5.84. The van der Waals surface area contributed by atoms with Crippen molar-refractivity contribution in [2.45, 2.75) is 0 Å². The lowest BCUT2D eigenvalue weighted by Gasteiger charge is -2.18. The molecule has 0 atom stereocenters. The van der Waals surface area contributed by atoms with Crippen LogP contribution in [0.1, 0.15) is 10.4 Å². The number of hydrogen-bond acceptors (Lipinski definition) is 4. The highest BCUT2D eigenvalue weighted by Gasteiger charge is 2.15. The van der Waals surface area contributed by atoms with E-state index in [2.05, 4.69) is 31.9 Å². The average molecular weight is 419 g/mol. The van der Waals surface area contributed by atoms with Crippen molar-refractivity contribution in [3.63, 3.8) is 0 Å².